The molecular formula is C66H72N2O19. The van der Waals surface area contributed by atoms with E-state index < -0.39 is 168 Å². The van der Waals surface area contributed by atoms with Gasteiger partial charge in [0.1, 0.15) is 49.2 Å². The van der Waals surface area contributed by atoms with E-state index in [1.165, 1.54) is 19.1 Å². The maximum Gasteiger partial charge on any atom is 0.408 e. The second-order valence-corrected chi connectivity index (χ2v) is 23.2. The first-order valence-electron chi connectivity index (χ1n) is 29.1. The van der Waals surface area contributed by atoms with Gasteiger partial charge in [0, 0.05) is 50.5 Å². The summed E-state index contributed by atoms with van der Waals surface area (Å²) in [5.74, 6) is -13.5. The number of esters is 6. The molecule has 87 heavy (non-hydrogen) atoms. The second-order valence-electron chi connectivity index (χ2n) is 23.2. The quantitative estimate of drug-likeness (QED) is 0.0544. The van der Waals surface area contributed by atoms with Crippen LogP contribution in [0, 0.1) is 35.0 Å². The lowest BCUT2D eigenvalue weighted by Gasteiger charge is -2.67. The molecule has 1 saturated heterocycles. The van der Waals surface area contributed by atoms with E-state index in [0.717, 1.165) is 13.8 Å². The van der Waals surface area contributed by atoms with Gasteiger partial charge in [0.25, 0.3) is 5.91 Å². The minimum atomic E-state index is -2.41. The van der Waals surface area contributed by atoms with Crippen LogP contribution in [0.1, 0.15) is 99.8 Å². The predicted octanol–water partition coefficient (Wildman–Crippen LogP) is 6.47. The number of benzene rings is 4. The first-order valence-corrected chi connectivity index (χ1v) is 29.1. The zero-order valence-corrected chi connectivity index (χ0v) is 48.9. The van der Waals surface area contributed by atoms with Crippen molar-refractivity contribution in [3.8, 4) is 0 Å². The molecule has 460 valence electrons. The minimum Gasteiger partial charge on any atom is -0.459 e. The lowest BCUT2D eigenvalue weighted by Crippen LogP contribution is -2.82. The van der Waals surface area contributed by atoms with E-state index in [4.69, 9.17) is 37.9 Å². The molecule has 21 nitrogen and oxygen atoms in total. The minimum absolute atomic E-state index is 0.156. The number of fused-ring (bicyclic) bond motifs is 5. The number of ketones is 1. The van der Waals surface area contributed by atoms with Crippen molar-refractivity contribution in [2.45, 2.75) is 140 Å². The van der Waals surface area contributed by atoms with Crippen LogP contribution in [0.5, 0.6) is 0 Å². The smallest absolute Gasteiger partial charge is 0.408 e. The Bertz CT molecular complexity index is 3230. The van der Waals surface area contributed by atoms with E-state index >= 15 is 9.59 Å². The molecule has 4 N–H and O–H groups in total. The van der Waals surface area contributed by atoms with Crippen LogP contribution < -0.4 is 10.6 Å². The Balaban J connectivity index is 1.09. The molecule has 0 aromatic heterocycles. The number of nitrogens with one attached hydrogen (secondary N) is 2. The first kappa shape index (κ1) is 63.0. The van der Waals surface area contributed by atoms with Crippen molar-refractivity contribution in [3.05, 3.63) is 168 Å². The SMILES string of the molecule is CC(=O)O[C@H]1C(=O)[C@@]2(C)[C@H](C(OC(=O)C3C=CC=CC3)[C@]3(O)C[C@H](OC(=O)[C@H](OC(=O)CCC(NC(=O)OCc4ccccc4)C(=O)OCc4ccccc4)[C@@H](NC(=O)c4ccccc4)c4ccccc4)C(C)C1[C@H]3C)[C@]1(OC(C)=O)CO[C@@H]1C[C@@H]2O. The molecule has 5 aliphatic rings. The number of hydrogen-bond acceptors (Lipinski definition) is 19. The van der Waals surface area contributed by atoms with E-state index in [0.29, 0.717) is 11.1 Å². The summed E-state index contributed by atoms with van der Waals surface area (Å²) < 4.78 is 48.3. The molecule has 0 radical (unpaired) electrons. The monoisotopic (exact) mass is 1200 g/mol. The van der Waals surface area contributed by atoms with E-state index in [2.05, 4.69) is 10.6 Å². The van der Waals surface area contributed by atoms with Gasteiger partial charge in [-0.2, -0.15) is 0 Å². The van der Waals surface area contributed by atoms with Gasteiger partial charge in [0.15, 0.2) is 17.5 Å². The summed E-state index contributed by atoms with van der Waals surface area (Å²) in [5.41, 5.74) is -4.64. The summed E-state index contributed by atoms with van der Waals surface area (Å²) in [6.45, 7) is 6.07. The third-order valence-electron chi connectivity index (χ3n) is 17.7. The second kappa shape index (κ2) is 27.0. The number of amides is 2. The number of ether oxygens (including phenoxy) is 8. The van der Waals surface area contributed by atoms with Crippen molar-refractivity contribution in [2.75, 3.05) is 6.61 Å². The highest BCUT2D eigenvalue weighted by Gasteiger charge is 2.78. The van der Waals surface area contributed by atoms with Crippen molar-refractivity contribution < 1.29 is 91.3 Å². The molecule has 16 atom stereocenters. The molecule has 4 aliphatic carbocycles. The van der Waals surface area contributed by atoms with Crippen molar-refractivity contribution in [1.29, 1.82) is 0 Å². The summed E-state index contributed by atoms with van der Waals surface area (Å²) in [5, 5.41) is 31.5. The predicted molar refractivity (Wildman–Crippen MR) is 307 cm³/mol. The number of allylic oxidation sites excluding steroid dienone is 3. The van der Waals surface area contributed by atoms with Crippen LogP contribution in [-0.4, -0.2) is 124 Å². The molecule has 3 saturated carbocycles. The fraction of sp³-hybridized carbons (Fsp3) is 0.439. The standard InChI is InChI=1S/C66H72N2O19/c1-38-48(34-65(79)39(2)52(38)54(83-40(3)69)57(73)64(5)49(71)33-50-66(37-82-50,87-41(4)70)56(64)58(65)86-60(75)46-29-19-10-20-30-46)84-62(77)55(53(44-25-15-8-16-26-44)68-59(74)45-27-17-9-18-28-45)85-51(72)32-31-47(61(76)80-35-42-21-11-6-12-22-42)67-63(78)81-36-43-23-13-7-14-24-43/h6-29,38-39,46-50,52-56,58,71,79H,30-37H2,1-5H3,(H,67,78)(H,68,74)/t38?,39-,46?,47?,48+,49+,50-,52?,53+,54-,55-,56+,58?,64-,65+,66+/m1/s1. The number of carbonyl (C=O) groups excluding carboxylic acids is 9. The highest BCUT2D eigenvalue weighted by Crippen LogP contribution is 2.63. The average Bonchev–Trinajstić information content (AvgIpc) is 0.680. The molecule has 4 fully saturated rings. The Kier molecular flexibility index (Phi) is 19.6. The summed E-state index contributed by atoms with van der Waals surface area (Å²) in [6.07, 6.45) is -6.01. The van der Waals surface area contributed by atoms with Crippen LogP contribution in [0.3, 0.4) is 0 Å². The van der Waals surface area contributed by atoms with Gasteiger partial charge in [0.2, 0.25) is 6.10 Å². The molecule has 1 aliphatic heterocycles. The lowest BCUT2D eigenvalue weighted by atomic mass is 9.45. The number of Topliss-reactive ketones (excluding diaryl/α,β-unsaturated/α-hetero) is 1. The van der Waals surface area contributed by atoms with E-state index in [1.807, 2.05) is 0 Å². The molecule has 4 aromatic rings. The maximum atomic E-state index is 15.8. The van der Waals surface area contributed by atoms with Gasteiger partial charge in [-0.3, -0.25) is 28.8 Å². The van der Waals surface area contributed by atoms with Gasteiger partial charge in [-0.1, -0.05) is 147 Å². The number of rotatable bonds is 20. The van der Waals surface area contributed by atoms with Gasteiger partial charge in [-0.05, 0) is 54.5 Å². The van der Waals surface area contributed by atoms with E-state index in [9.17, 15) is 43.8 Å². The number of carbonyl (C=O) groups is 9. The van der Waals surface area contributed by atoms with Crippen LogP contribution in [-0.2, 0) is 84.7 Å². The first-order chi connectivity index (χ1) is 41.6. The van der Waals surface area contributed by atoms with Crippen LogP contribution in [0.25, 0.3) is 0 Å². The maximum absolute atomic E-state index is 15.8. The molecule has 1 heterocycles. The van der Waals surface area contributed by atoms with Gasteiger partial charge in [-0.25, -0.2) is 14.4 Å². The Hall–Kier alpha value is -8.53. The summed E-state index contributed by atoms with van der Waals surface area (Å²) >= 11 is 0. The highest BCUT2D eigenvalue weighted by molar-refractivity contribution is 5.95. The van der Waals surface area contributed by atoms with Crippen LogP contribution in [0.2, 0.25) is 0 Å². The van der Waals surface area contributed by atoms with Crippen LogP contribution in [0.4, 0.5) is 4.79 Å². The third kappa shape index (κ3) is 13.5. The fourth-order valence-electron chi connectivity index (χ4n) is 13.1. The molecule has 2 amide bonds. The van der Waals surface area contributed by atoms with Gasteiger partial charge in [-0.15, -0.1) is 0 Å². The number of aliphatic hydroxyl groups excluding tert-OH is 1. The Labute approximate surface area is 503 Å². The molecule has 4 aromatic carbocycles. The zero-order chi connectivity index (χ0) is 62.2. The van der Waals surface area contributed by atoms with Crippen LogP contribution >= 0.6 is 0 Å². The summed E-state index contributed by atoms with van der Waals surface area (Å²) in [7, 11) is 0. The van der Waals surface area contributed by atoms with E-state index in [-0.39, 0.29) is 43.8 Å². The molecule has 0 spiro atoms. The normalized spacial score (nSPS) is 29.6. The topological polar surface area (TPSA) is 292 Å². The highest BCUT2D eigenvalue weighted by atomic mass is 16.6. The summed E-state index contributed by atoms with van der Waals surface area (Å²) in [4.78, 5) is 129. The largest absolute Gasteiger partial charge is 0.459 e. The molecule has 21 heteroatoms. The Morgan fingerprint density at radius 2 is 1.37 bits per heavy atom. The van der Waals surface area contributed by atoms with Crippen LogP contribution in [0.15, 0.2) is 146 Å². The molecule has 2 bridgehead atoms. The van der Waals surface area contributed by atoms with Crippen molar-refractivity contribution in [1.82, 2.24) is 10.6 Å². The zero-order valence-electron chi connectivity index (χ0n) is 48.9. The fourth-order valence-corrected chi connectivity index (χ4v) is 13.1. The van der Waals surface area contributed by atoms with Crippen molar-refractivity contribution in [3.63, 3.8) is 0 Å². The number of hydrogen-bond donors (Lipinski definition) is 4. The number of alkyl carbamates (subject to hydrolysis) is 1. The molecular weight excluding hydrogens is 1120 g/mol. The molecule has 9 rings (SSSR count). The van der Waals surface area contributed by atoms with Crippen molar-refractivity contribution in [2.24, 2.45) is 35.0 Å². The molecule has 5 unspecified atom stereocenters. The summed E-state index contributed by atoms with van der Waals surface area (Å²) in [6, 6.07) is 30.4. The Morgan fingerprint density at radius 3 is 1.95 bits per heavy atom. The van der Waals surface area contributed by atoms with Gasteiger partial charge >= 0.3 is 41.9 Å². The average molecular weight is 1200 g/mol. The number of aliphatic hydroxyl groups is 2. The van der Waals surface area contributed by atoms with Crippen molar-refractivity contribution >= 4 is 53.6 Å². The Morgan fingerprint density at radius 1 is 0.747 bits per heavy atom. The van der Waals surface area contributed by atoms with E-state index in [1.54, 1.807) is 147 Å². The van der Waals surface area contributed by atoms with Gasteiger partial charge < -0.3 is 58.7 Å². The van der Waals surface area contributed by atoms with Gasteiger partial charge in [0.05, 0.1) is 30.0 Å². The third-order valence-corrected chi connectivity index (χ3v) is 17.7. The lowest BCUT2D eigenvalue weighted by molar-refractivity contribution is -0.351.